The summed E-state index contributed by atoms with van der Waals surface area (Å²) in [6.07, 6.45) is 5.29. The second-order valence-corrected chi connectivity index (χ2v) is 5.76. The maximum Gasteiger partial charge on any atom is 0.122 e. The molecule has 112 valence electrons. The Bertz CT molecular complexity index is 587. The number of para-hydroxylation sites is 1. The molecule has 1 aromatic heterocycles. The number of aryl methyl sites for hydroxylation is 1. The van der Waals surface area contributed by atoms with E-state index in [1.54, 1.807) is 7.11 Å². The standard InChI is InChI=1S/C17H23N3O/c1-20-15(8-10-19-20)7-9-18-14-11-13(12-14)16-5-3-4-6-17(16)21-2/h3-6,8,10,13-14,18H,7,9,11-12H2,1-2H3. The minimum absolute atomic E-state index is 0.633. The first-order chi connectivity index (χ1) is 10.3. The van der Waals surface area contributed by atoms with Crippen molar-refractivity contribution < 1.29 is 4.74 Å². The Labute approximate surface area is 126 Å². The summed E-state index contributed by atoms with van der Waals surface area (Å²) >= 11 is 0. The Morgan fingerprint density at radius 1 is 1.29 bits per heavy atom. The summed E-state index contributed by atoms with van der Waals surface area (Å²) in [5.74, 6) is 1.66. The SMILES string of the molecule is COc1ccccc1C1CC(NCCc2ccnn2C)C1. The van der Waals surface area contributed by atoms with E-state index in [4.69, 9.17) is 4.74 Å². The topological polar surface area (TPSA) is 39.1 Å². The number of benzene rings is 1. The highest BCUT2D eigenvalue weighted by molar-refractivity contribution is 5.37. The summed E-state index contributed by atoms with van der Waals surface area (Å²) in [5, 5.41) is 7.83. The Hall–Kier alpha value is -1.81. The molecule has 3 rings (SSSR count). The van der Waals surface area contributed by atoms with Gasteiger partial charge in [-0.15, -0.1) is 0 Å². The molecule has 0 saturated heterocycles. The highest BCUT2D eigenvalue weighted by Gasteiger charge is 2.31. The number of nitrogens with one attached hydrogen (secondary N) is 1. The molecule has 1 saturated carbocycles. The molecule has 4 heteroatoms. The van der Waals surface area contributed by atoms with E-state index in [1.165, 1.54) is 24.1 Å². The van der Waals surface area contributed by atoms with Gasteiger partial charge in [0.15, 0.2) is 0 Å². The maximum atomic E-state index is 5.45. The van der Waals surface area contributed by atoms with Crippen LogP contribution in [0.5, 0.6) is 5.75 Å². The lowest BCUT2D eigenvalue weighted by atomic mass is 9.75. The van der Waals surface area contributed by atoms with Crippen molar-refractivity contribution in [1.82, 2.24) is 15.1 Å². The van der Waals surface area contributed by atoms with Crippen LogP contribution in [0.15, 0.2) is 36.5 Å². The third-order valence-corrected chi connectivity index (χ3v) is 4.45. The average Bonchev–Trinajstić information content (AvgIpc) is 2.87. The predicted molar refractivity (Wildman–Crippen MR) is 83.7 cm³/mol. The molecular formula is C17H23N3O. The minimum Gasteiger partial charge on any atom is -0.496 e. The van der Waals surface area contributed by atoms with E-state index in [9.17, 15) is 0 Å². The molecule has 0 bridgehead atoms. The van der Waals surface area contributed by atoms with E-state index in [0.29, 0.717) is 12.0 Å². The van der Waals surface area contributed by atoms with E-state index in [0.717, 1.165) is 18.7 Å². The van der Waals surface area contributed by atoms with Crippen molar-refractivity contribution in [2.24, 2.45) is 7.05 Å². The number of nitrogens with zero attached hydrogens (tertiary/aromatic N) is 2. The van der Waals surface area contributed by atoms with Gasteiger partial charge in [-0.05, 0) is 36.5 Å². The Morgan fingerprint density at radius 3 is 2.81 bits per heavy atom. The van der Waals surface area contributed by atoms with E-state index in [2.05, 4.69) is 34.7 Å². The van der Waals surface area contributed by atoms with Crippen LogP contribution in [0.25, 0.3) is 0 Å². The normalized spacial score (nSPS) is 21.0. The molecule has 0 spiro atoms. The molecule has 1 aromatic carbocycles. The fourth-order valence-electron chi connectivity index (χ4n) is 3.09. The molecule has 1 heterocycles. The van der Waals surface area contributed by atoms with Gasteiger partial charge in [-0.2, -0.15) is 5.10 Å². The van der Waals surface area contributed by atoms with Crippen molar-refractivity contribution in [3.05, 3.63) is 47.8 Å². The van der Waals surface area contributed by atoms with E-state index in [-0.39, 0.29) is 0 Å². The van der Waals surface area contributed by atoms with Crippen molar-refractivity contribution in [2.45, 2.75) is 31.2 Å². The fraction of sp³-hybridized carbons (Fsp3) is 0.471. The third-order valence-electron chi connectivity index (χ3n) is 4.45. The number of hydrogen-bond donors (Lipinski definition) is 1. The monoisotopic (exact) mass is 285 g/mol. The van der Waals surface area contributed by atoms with Crippen molar-refractivity contribution >= 4 is 0 Å². The van der Waals surface area contributed by atoms with Gasteiger partial charge in [0.25, 0.3) is 0 Å². The molecular weight excluding hydrogens is 262 g/mol. The van der Waals surface area contributed by atoms with Gasteiger partial charge in [0.2, 0.25) is 0 Å². The van der Waals surface area contributed by atoms with Crippen LogP contribution in [0.3, 0.4) is 0 Å². The van der Waals surface area contributed by atoms with Gasteiger partial charge < -0.3 is 10.1 Å². The molecule has 1 N–H and O–H groups in total. The summed E-state index contributed by atoms with van der Waals surface area (Å²) < 4.78 is 7.40. The molecule has 0 radical (unpaired) electrons. The molecule has 0 atom stereocenters. The molecule has 1 aliphatic rings. The largest absolute Gasteiger partial charge is 0.496 e. The van der Waals surface area contributed by atoms with Crippen LogP contribution < -0.4 is 10.1 Å². The summed E-state index contributed by atoms with van der Waals surface area (Å²) in [7, 11) is 3.75. The van der Waals surface area contributed by atoms with E-state index >= 15 is 0 Å². The van der Waals surface area contributed by atoms with Gasteiger partial charge >= 0.3 is 0 Å². The van der Waals surface area contributed by atoms with Crippen LogP contribution in [0, 0.1) is 0 Å². The summed E-state index contributed by atoms with van der Waals surface area (Å²) in [4.78, 5) is 0. The Balaban J connectivity index is 1.45. The highest BCUT2D eigenvalue weighted by Crippen LogP contribution is 2.40. The van der Waals surface area contributed by atoms with Crippen molar-refractivity contribution in [3.63, 3.8) is 0 Å². The Morgan fingerprint density at radius 2 is 2.10 bits per heavy atom. The molecule has 21 heavy (non-hydrogen) atoms. The molecule has 1 fully saturated rings. The number of hydrogen-bond acceptors (Lipinski definition) is 3. The number of ether oxygens (including phenoxy) is 1. The van der Waals surface area contributed by atoms with Crippen molar-refractivity contribution in [3.8, 4) is 5.75 Å². The first-order valence-corrected chi connectivity index (χ1v) is 7.61. The zero-order valence-corrected chi connectivity index (χ0v) is 12.7. The molecule has 0 amide bonds. The molecule has 0 unspecified atom stereocenters. The van der Waals surface area contributed by atoms with Gasteiger partial charge in [-0.25, -0.2) is 0 Å². The highest BCUT2D eigenvalue weighted by atomic mass is 16.5. The first kappa shape index (κ1) is 14.1. The molecule has 0 aliphatic heterocycles. The molecule has 2 aromatic rings. The maximum absolute atomic E-state index is 5.45. The third kappa shape index (κ3) is 3.10. The molecule has 4 nitrogen and oxygen atoms in total. The quantitative estimate of drug-likeness (QED) is 0.886. The minimum atomic E-state index is 0.633. The Kier molecular flexibility index (Phi) is 4.25. The lowest BCUT2D eigenvalue weighted by molar-refractivity contribution is 0.284. The summed E-state index contributed by atoms with van der Waals surface area (Å²) in [6, 6.07) is 11.1. The zero-order chi connectivity index (χ0) is 14.7. The smallest absolute Gasteiger partial charge is 0.122 e. The number of aromatic nitrogens is 2. The zero-order valence-electron chi connectivity index (χ0n) is 12.7. The lowest BCUT2D eigenvalue weighted by Gasteiger charge is -2.37. The van der Waals surface area contributed by atoms with Gasteiger partial charge in [-0.3, -0.25) is 4.68 Å². The van der Waals surface area contributed by atoms with Crippen LogP contribution in [-0.2, 0) is 13.5 Å². The average molecular weight is 285 g/mol. The number of rotatable bonds is 6. The number of methoxy groups -OCH3 is 1. The van der Waals surface area contributed by atoms with Crippen LogP contribution >= 0.6 is 0 Å². The summed E-state index contributed by atoms with van der Waals surface area (Å²) in [5.41, 5.74) is 2.63. The second kappa shape index (κ2) is 6.31. The van der Waals surface area contributed by atoms with Crippen molar-refractivity contribution in [1.29, 1.82) is 0 Å². The van der Waals surface area contributed by atoms with Crippen LogP contribution in [0.4, 0.5) is 0 Å². The lowest BCUT2D eigenvalue weighted by Crippen LogP contribution is -2.41. The molecule has 1 aliphatic carbocycles. The van der Waals surface area contributed by atoms with E-state index in [1.807, 2.05) is 24.0 Å². The van der Waals surface area contributed by atoms with Crippen molar-refractivity contribution in [2.75, 3.05) is 13.7 Å². The van der Waals surface area contributed by atoms with Gasteiger partial charge in [0.1, 0.15) is 5.75 Å². The fourth-order valence-corrected chi connectivity index (χ4v) is 3.09. The van der Waals surface area contributed by atoms with E-state index < -0.39 is 0 Å². The van der Waals surface area contributed by atoms with Gasteiger partial charge in [0.05, 0.1) is 7.11 Å². The summed E-state index contributed by atoms with van der Waals surface area (Å²) in [6.45, 7) is 1.02. The van der Waals surface area contributed by atoms with Gasteiger partial charge in [0, 0.05) is 37.9 Å². The predicted octanol–water partition coefficient (Wildman–Crippen LogP) is 2.51. The first-order valence-electron chi connectivity index (χ1n) is 7.61. The van der Waals surface area contributed by atoms with Crippen LogP contribution in [-0.4, -0.2) is 29.5 Å². The van der Waals surface area contributed by atoms with Crippen LogP contribution in [0.2, 0.25) is 0 Å². The van der Waals surface area contributed by atoms with Gasteiger partial charge in [-0.1, -0.05) is 18.2 Å². The van der Waals surface area contributed by atoms with Crippen LogP contribution in [0.1, 0.15) is 30.0 Å². The second-order valence-electron chi connectivity index (χ2n) is 5.76.